The number of rotatable bonds is 10. The van der Waals surface area contributed by atoms with Crippen molar-refractivity contribution in [2.24, 2.45) is 0 Å². The average molecular weight is 758 g/mol. The van der Waals surface area contributed by atoms with Gasteiger partial charge in [0, 0.05) is 56.2 Å². The summed E-state index contributed by atoms with van der Waals surface area (Å²) >= 11 is 6.44. The fraction of sp³-hybridized carbons (Fsp3) is 0.278. The molecule has 3 aliphatic rings. The highest BCUT2D eigenvalue weighted by Crippen LogP contribution is 2.39. The number of benzene rings is 3. The van der Waals surface area contributed by atoms with Crippen molar-refractivity contribution in [3.05, 3.63) is 88.6 Å². The summed E-state index contributed by atoms with van der Waals surface area (Å²) in [4.78, 5) is 63.6. The second kappa shape index (κ2) is 14.5. The number of urea groups is 1. The minimum atomic E-state index is -2.57. The summed E-state index contributed by atoms with van der Waals surface area (Å²) in [6.45, 7) is 6.95. The zero-order valence-electron chi connectivity index (χ0n) is 29.3. The van der Waals surface area contributed by atoms with Crippen LogP contribution in [-0.4, -0.2) is 102 Å². The van der Waals surface area contributed by atoms with E-state index in [2.05, 4.69) is 35.7 Å². The molecule has 0 atom stereocenters. The van der Waals surface area contributed by atoms with Gasteiger partial charge in [-0.1, -0.05) is 29.8 Å². The van der Waals surface area contributed by atoms with Crippen LogP contribution in [0.1, 0.15) is 32.7 Å². The Morgan fingerprint density at radius 2 is 1.64 bits per heavy atom. The lowest BCUT2D eigenvalue weighted by atomic mass is 10.1. The van der Waals surface area contributed by atoms with Crippen LogP contribution in [0.4, 0.5) is 33.6 Å². The number of carbonyl (C=O) groups is 4. The first-order valence-electron chi connectivity index (χ1n) is 16.9. The van der Waals surface area contributed by atoms with Gasteiger partial charge in [-0.3, -0.25) is 24.6 Å². The van der Waals surface area contributed by atoms with Crippen LogP contribution in [-0.2, 0) is 15.9 Å². The Balaban J connectivity index is 0.980. The predicted molar refractivity (Wildman–Crippen MR) is 201 cm³/mol. The molecule has 0 saturated carbocycles. The molecule has 5 amide bonds. The number of fused-ring (bicyclic) bond motifs is 1. The predicted octanol–water partition coefficient (Wildman–Crippen LogP) is 4.65. The van der Waals surface area contributed by atoms with Crippen molar-refractivity contribution < 1.29 is 28.5 Å². The molecule has 2 saturated heterocycles. The van der Waals surface area contributed by atoms with Gasteiger partial charge in [0.15, 0.2) is 5.82 Å². The summed E-state index contributed by atoms with van der Waals surface area (Å²) in [6, 6.07) is 17.6. The zero-order chi connectivity index (χ0) is 37.4. The number of aromatic nitrogens is 2. The standard InChI is InChI=1S/C36H37ClN9O6P/c1-52-29-19-23(9-11-27(29)40-35-38-20-26(37)32(42-35)39-28-6-4-5-7-30(28)53(2,3)51)44-16-14-43(15-17-44)21-22-8-10-24-25(18-22)34(49)46(33(24)48)45-13-12-31(47)41-36(45)50/h4-11,18-20H,12-17,21H2,1-3H3,(H,41,47,50)(H2,38,39,40,42). The summed E-state index contributed by atoms with van der Waals surface area (Å²) in [5.74, 6) is -0.357. The van der Waals surface area contributed by atoms with Gasteiger partial charge in [0.05, 0.1) is 42.4 Å². The zero-order valence-corrected chi connectivity index (χ0v) is 30.9. The summed E-state index contributed by atoms with van der Waals surface area (Å²) in [7, 11) is -0.971. The van der Waals surface area contributed by atoms with Gasteiger partial charge >= 0.3 is 6.03 Å². The number of amides is 5. The third-order valence-corrected chi connectivity index (χ3v) is 11.1. The van der Waals surface area contributed by atoms with E-state index in [1.807, 2.05) is 48.5 Å². The highest BCUT2D eigenvalue weighted by Gasteiger charge is 2.43. The van der Waals surface area contributed by atoms with Gasteiger partial charge in [0.1, 0.15) is 17.9 Å². The lowest BCUT2D eigenvalue weighted by Crippen LogP contribution is -2.58. The molecule has 4 aromatic rings. The minimum Gasteiger partial charge on any atom is -0.494 e. The van der Waals surface area contributed by atoms with Crippen molar-refractivity contribution in [1.29, 1.82) is 0 Å². The number of carbonyl (C=O) groups excluding carboxylic acids is 4. The molecule has 3 aliphatic heterocycles. The average Bonchev–Trinajstić information content (AvgIpc) is 3.38. The SMILES string of the molecule is COc1cc(N2CCN(Cc3ccc4c(c3)C(=O)N(N3CCC(=O)NC3=O)C4=O)CC2)ccc1Nc1ncc(Cl)c(Nc2ccccc2P(C)(C)=O)n1. The molecule has 0 spiro atoms. The van der Waals surface area contributed by atoms with Crippen LogP contribution in [0.5, 0.6) is 5.75 Å². The van der Waals surface area contributed by atoms with Gasteiger partial charge in [-0.15, -0.1) is 0 Å². The fourth-order valence-electron chi connectivity index (χ4n) is 6.55. The van der Waals surface area contributed by atoms with Gasteiger partial charge in [0.25, 0.3) is 11.8 Å². The third kappa shape index (κ3) is 7.41. The Morgan fingerprint density at radius 1 is 0.887 bits per heavy atom. The van der Waals surface area contributed by atoms with Gasteiger partial charge in [0.2, 0.25) is 11.9 Å². The van der Waals surface area contributed by atoms with E-state index in [0.29, 0.717) is 45.8 Å². The number of anilines is 5. The number of methoxy groups -OCH3 is 1. The van der Waals surface area contributed by atoms with E-state index in [1.165, 1.54) is 6.20 Å². The monoisotopic (exact) mass is 757 g/mol. The van der Waals surface area contributed by atoms with Crippen LogP contribution in [0.2, 0.25) is 5.02 Å². The topological polar surface area (TPSA) is 169 Å². The van der Waals surface area contributed by atoms with Crippen LogP contribution in [0.25, 0.3) is 0 Å². The molecule has 0 radical (unpaired) electrons. The smallest absolute Gasteiger partial charge is 0.343 e. The molecule has 0 bridgehead atoms. The van der Waals surface area contributed by atoms with E-state index >= 15 is 0 Å². The lowest BCUT2D eigenvalue weighted by Gasteiger charge is -2.36. The first-order valence-corrected chi connectivity index (χ1v) is 19.9. The third-order valence-electron chi connectivity index (χ3n) is 9.26. The number of imide groups is 2. The summed E-state index contributed by atoms with van der Waals surface area (Å²) in [6.07, 6.45) is 1.50. The number of para-hydroxylation sites is 1. The Hall–Kier alpha value is -5.50. The number of hydrogen-bond acceptors (Lipinski definition) is 12. The van der Waals surface area contributed by atoms with Crippen molar-refractivity contribution in [2.45, 2.75) is 13.0 Å². The summed E-state index contributed by atoms with van der Waals surface area (Å²) in [5.41, 5.74) is 3.64. The molecule has 274 valence electrons. The molecule has 7 rings (SSSR count). The van der Waals surface area contributed by atoms with E-state index in [-0.39, 0.29) is 24.1 Å². The molecule has 2 fully saturated rings. The van der Waals surface area contributed by atoms with Crippen LogP contribution < -0.4 is 30.9 Å². The molecule has 3 aromatic carbocycles. The Morgan fingerprint density at radius 3 is 2.38 bits per heavy atom. The highest BCUT2D eigenvalue weighted by atomic mass is 35.5. The quantitative estimate of drug-likeness (QED) is 0.152. The molecule has 17 heteroatoms. The van der Waals surface area contributed by atoms with Crippen LogP contribution in [0.15, 0.2) is 66.9 Å². The molecule has 53 heavy (non-hydrogen) atoms. The molecule has 0 unspecified atom stereocenters. The largest absolute Gasteiger partial charge is 0.494 e. The number of hydrogen-bond donors (Lipinski definition) is 3. The first kappa shape index (κ1) is 35.9. The Labute approximate surface area is 310 Å². The normalized spacial score (nSPS) is 16.5. The molecule has 4 heterocycles. The lowest BCUT2D eigenvalue weighted by molar-refractivity contribution is -0.122. The van der Waals surface area contributed by atoms with Gasteiger partial charge in [-0.25, -0.2) is 14.8 Å². The number of piperazine rings is 1. The van der Waals surface area contributed by atoms with Crippen molar-refractivity contribution in [3.8, 4) is 5.75 Å². The number of halogens is 1. The van der Waals surface area contributed by atoms with Gasteiger partial charge < -0.3 is 24.8 Å². The van der Waals surface area contributed by atoms with Crippen LogP contribution >= 0.6 is 18.7 Å². The maximum absolute atomic E-state index is 13.2. The van der Waals surface area contributed by atoms with Crippen molar-refractivity contribution in [2.75, 3.05) is 68.7 Å². The van der Waals surface area contributed by atoms with Gasteiger partial charge in [-0.05, 0) is 55.3 Å². The Bertz CT molecular complexity index is 2190. The van der Waals surface area contributed by atoms with Crippen LogP contribution in [0.3, 0.4) is 0 Å². The fourth-order valence-corrected chi connectivity index (χ4v) is 7.85. The molecule has 15 nitrogen and oxygen atoms in total. The second-order valence-electron chi connectivity index (χ2n) is 13.2. The van der Waals surface area contributed by atoms with Crippen molar-refractivity contribution in [3.63, 3.8) is 0 Å². The van der Waals surface area contributed by atoms with Gasteiger partial charge in [-0.2, -0.15) is 9.99 Å². The molecule has 0 aliphatic carbocycles. The minimum absolute atomic E-state index is 0.00280. The molecular weight excluding hydrogens is 721 g/mol. The highest BCUT2D eigenvalue weighted by molar-refractivity contribution is 7.70. The molecule has 3 N–H and O–H groups in total. The van der Waals surface area contributed by atoms with E-state index < -0.39 is 30.9 Å². The van der Waals surface area contributed by atoms with E-state index in [9.17, 15) is 23.7 Å². The number of nitrogens with one attached hydrogen (secondary N) is 3. The number of ether oxygens (including phenoxy) is 1. The Kier molecular flexibility index (Phi) is 9.81. The maximum Gasteiger partial charge on any atom is 0.343 e. The second-order valence-corrected chi connectivity index (χ2v) is 16.8. The maximum atomic E-state index is 13.2. The summed E-state index contributed by atoms with van der Waals surface area (Å²) < 4.78 is 18.6. The first-order chi connectivity index (χ1) is 25.4. The van der Waals surface area contributed by atoms with E-state index in [4.69, 9.17) is 16.3 Å². The number of nitrogens with zero attached hydrogens (tertiary/aromatic N) is 6. The van der Waals surface area contributed by atoms with E-state index in [0.717, 1.165) is 47.4 Å². The van der Waals surface area contributed by atoms with Crippen molar-refractivity contribution in [1.82, 2.24) is 30.2 Å². The van der Waals surface area contributed by atoms with E-state index in [1.54, 1.807) is 32.6 Å². The van der Waals surface area contributed by atoms with Crippen molar-refractivity contribution >= 4 is 76.6 Å². The molecule has 1 aromatic heterocycles. The molecular formula is C36H37ClN9O6P. The van der Waals surface area contributed by atoms with Crippen LogP contribution in [0, 0.1) is 0 Å². The summed E-state index contributed by atoms with van der Waals surface area (Å²) in [5, 5.41) is 11.4. The number of hydrazine groups is 1.